The molecular formula is C15H20FN3O3S. The van der Waals surface area contributed by atoms with Crippen LogP contribution in [0.3, 0.4) is 0 Å². The van der Waals surface area contributed by atoms with Gasteiger partial charge in [0.2, 0.25) is 10.0 Å². The number of hydrogen-bond acceptors (Lipinski definition) is 5. The number of benzene rings is 1. The first-order valence-corrected chi connectivity index (χ1v) is 9.00. The molecular weight excluding hydrogens is 321 g/mol. The third-order valence-corrected chi connectivity index (χ3v) is 5.23. The Morgan fingerprint density at radius 3 is 2.65 bits per heavy atom. The summed E-state index contributed by atoms with van der Waals surface area (Å²) in [4.78, 5) is 1.56. The van der Waals surface area contributed by atoms with Gasteiger partial charge in [-0.2, -0.15) is 5.26 Å². The Morgan fingerprint density at radius 1 is 1.35 bits per heavy atom. The molecule has 1 aromatic rings. The molecule has 6 nitrogen and oxygen atoms in total. The molecule has 1 aromatic carbocycles. The molecule has 0 aromatic heterocycles. The largest absolute Gasteiger partial charge is 0.390 e. The van der Waals surface area contributed by atoms with Gasteiger partial charge in [-0.3, -0.25) is 0 Å². The van der Waals surface area contributed by atoms with Crippen LogP contribution in [0.25, 0.3) is 0 Å². The van der Waals surface area contributed by atoms with Gasteiger partial charge in [-0.15, -0.1) is 0 Å². The van der Waals surface area contributed by atoms with E-state index in [1.807, 2.05) is 0 Å². The van der Waals surface area contributed by atoms with Crippen molar-refractivity contribution in [3.8, 4) is 6.07 Å². The Morgan fingerprint density at radius 2 is 2.04 bits per heavy atom. The van der Waals surface area contributed by atoms with E-state index < -0.39 is 26.8 Å². The summed E-state index contributed by atoms with van der Waals surface area (Å²) in [6.07, 6.45) is 2.48. The lowest BCUT2D eigenvalue weighted by Crippen LogP contribution is -2.42. The van der Waals surface area contributed by atoms with Crippen LogP contribution in [0, 0.1) is 17.1 Å². The number of halogens is 1. The maximum Gasteiger partial charge on any atom is 0.243 e. The molecule has 1 heterocycles. The monoisotopic (exact) mass is 341 g/mol. The summed E-state index contributed by atoms with van der Waals surface area (Å²) in [5.41, 5.74) is 0.0478. The van der Waals surface area contributed by atoms with Gasteiger partial charge in [0.15, 0.2) is 0 Å². The van der Waals surface area contributed by atoms with Crippen molar-refractivity contribution in [2.24, 2.45) is 0 Å². The summed E-state index contributed by atoms with van der Waals surface area (Å²) in [7, 11) is -4.06. The van der Waals surface area contributed by atoms with Crippen LogP contribution in [0.2, 0.25) is 0 Å². The molecule has 126 valence electrons. The number of hydrogen-bond donors (Lipinski definition) is 2. The van der Waals surface area contributed by atoms with E-state index >= 15 is 0 Å². The molecule has 0 aliphatic carbocycles. The molecule has 1 atom stereocenters. The summed E-state index contributed by atoms with van der Waals surface area (Å²) < 4.78 is 40.2. The molecule has 0 unspecified atom stereocenters. The minimum absolute atomic E-state index is 0.0478. The van der Waals surface area contributed by atoms with Crippen molar-refractivity contribution in [2.45, 2.75) is 30.3 Å². The van der Waals surface area contributed by atoms with Crippen LogP contribution >= 0.6 is 0 Å². The fourth-order valence-electron chi connectivity index (χ4n) is 2.58. The van der Waals surface area contributed by atoms with E-state index in [4.69, 9.17) is 5.26 Å². The lowest BCUT2D eigenvalue weighted by Gasteiger charge is -2.28. The molecule has 0 spiro atoms. The Bertz CT molecular complexity index is 682. The van der Waals surface area contributed by atoms with Crippen molar-refractivity contribution in [3.63, 3.8) is 0 Å². The maximum absolute atomic E-state index is 13.8. The van der Waals surface area contributed by atoms with Crippen LogP contribution in [0.4, 0.5) is 4.39 Å². The summed E-state index contributed by atoms with van der Waals surface area (Å²) in [6, 6.07) is 4.90. The van der Waals surface area contributed by atoms with E-state index in [2.05, 4.69) is 9.62 Å². The van der Waals surface area contributed by atoms with Crippen molar-refractivity contribution in [1.29, 1.82) is 5.26 Å². The minimum atomic E-state index is -4.06. The molecule has 0 bridgehead atoms. The first kappa shape index (κ1) is 17.8. The summed E-state index contributed by atoms with van der Waals surface area (Å²) in [5, 5.41) is 18.6. The average molecular weight is 341 g/mol. The third-order valence-electron chi connectivity index (χ3n) is 3.78. The predicted octanol–water partition coefficient (Wildman–Crippen LogP) is 0.822. The Hall–Kier alpha value is -1.53. The highest BCUT2D eigenvalue weighted by molar-refractivity contribution is 7.89. The number of piperidine rings is 1. The number of aliphatic hydroxyl groups excluding tert-OH is 1. The fraction of sp³-hybridized carbons (Fsp3) is 0.533. The zero-order valence-electron chi connectivity index (χ0n) is 12.7. The maximum atomic E-state index is 13.8. The van der Waals surface area contributed by atoms with Gasteiger partial charge in [-0.05, 0) is 44.1 Å². The molecule has 1 fully saturated rings. The third kappa shape index (κ3) is 4.97. The minimum Gasteiger partial charge on any atom is -0.390 e. The second kappa shape index (κ2) is 7.84. The van der Waals surface area contributed by atoms with Gasteiger partial charge in [-0.1, -0.05) is 6.42 Å². The van der Waals surface area contributed by atoms with Crippen LogP contribution in [0.5, 0.6) is 0 Å². The SMILES string of the molecule is N#Cc1ccc(S(=O)(=O)NC[C@H](O)CN2CCCCC2)c(F)c1. The van der Waals surface area contributed by atoms with Gasteiger partial charge in [0.25, 0.3) is 0 Å². The lowest BCUT2D eigenvalue weighted by atomic mass is 10.1. The number of likely N-dealkylation sites (tertiary alicyclic amines) is 1. The van der Waals surface area contributed by atoms with Gasteiger partial charge in [0, 0.05) is 13.1 Å². The van der Waals surface area contributed by atoms with E-state index in [0.29, 0.717) is 6.54 Å². The van der Waals surface area contributed by atoms with Crippen molar-refractivity contribution < 1.29 is 17.9 Å². The number of rotatable bonds is 6. The second-order valence-electron chi connectivity index (χ2n) is 5.62. The average Bonchev–Trinajstić information content (AvgIpc) is 2.53. The van der Waals surface area contributed by atoms with E-state index in [1.54, 1.807) is 6.07 Å². The Labute approximate surface area is 135 Å². The molecule has 2 N–H and O–H groups in total. The second-order valence-corrected chi connectivity index (χ2v) is 7.36. The smallest absolute Gasteiger partial charge is 0.243 e. The quantitative estimate of drug-likeness (QED) is 0.799. The van der Waals surface area contributed by atoms with Crippen molar-refractivity contribution >= 4 is 10.0 Å². The summed E-state index contributed by atoms with van der Waals surface area (Å²) >= 11 is 0. The van der Waals surface area contributed by atoms with E-state index in [0.717, 1.165) is 38.1 Å². The van der Waals surface area contributed by atoms with Gasteiger partial charge in [0.1, 0.15) is 10.7 Å². The molecule has 8 heteroatoms. The fourth-order valence-corrected chi connectivity index (χ4v) is 3.71. The van der Waals surface area contributed by atoms with E-state index in [1.165, 1.54) is 12.5 Å². The highest BCUT2D eigenvalue weighted by Crippen LogP contribution is 2.15. The molecule has 2 rings (SSSR count). The normalized spacial score (nSPS) is 17.6. The molecule has 23 heavy (non-hydrogen) atoms. The van der Waals surface area contributed by atoms with Crippen molar-refractivity contribution in [2.75, 3.05) is 26.2 Å². The summed E-state index contributed by atoms with van der Waals surface area (Å²) in [5.74, 6) is -0.984. The molecule has 1 saturated heterocycles. The number of β-amino-alcohol motifs (C(OH)–C–C–N with tert-alkyl or cyclic N) is 1. The highest BCUT2D eigenvalue weighted by atomic mass is 32.2. The number of aliphatic hydroxyl groups is 1. The van der Waals surface area contributed by atoms with Gasteiger partial charge < -0.3 is 10.0 Å². The number of nitriles is 1. The Kier molecular flexibility index (Phi) is 6.07. The van der Waals surface area contributed by atoms with Crippen LogP contribution in [-0.4, -0.2) is 50.7 Å². The van der Waals surface area contributed by atoms with Gasteiger partial charge in [-0.25, -0.2) is 17.5 Å². The van der Waals surface area contributed by atoms with Crippen LogP contribution in [-0.2, 0) is 10.0 Å². The molecule has 0 amide bonds. The number of nitrogens with zero attached hydrogens (tertiary/aromatic N) is 2. The molecule has 0 saturated carbocycles. The predicted molar refractivity (Wildman–Crippen MR) is 82.6 cm³/mol. The highest BCUT2D eigenvalue weighted by Gasteiger charge is 2.21. The first-order chi connectivity index (χ1) is 10.9. The number of nitrogens with one attached hydrogen (secondary N) is 1. The molecule has 0 radical (unpaired) electrons. The van der Waals surface area contributed by atoms with Gasteiger partial charge >= 0.3 is 0 Å². The van der Waals surface area contributed by atoms with Gasteiger partial charge in [0.05, 0.1) is 17.7 Å². The van der Waals surface area contributed by atoms with Crippen molar-refractivity contribution in [1.82, 2.24) is 9.62 Å². The zero-order chi connectivity index (χ0) is 16.9. The number of sulfonamides is 1. The standard InChI is InChI=1S/C15H20FN3O3S/c16-14-8-12(9-17)4-5-15(14)23(21,22)18-10-13(20)11-19-6-2-1-3-7-19/h4-5,8,13,18,20H,1-3,6-7,10-11H2/t13-/m0/s1. The zero-order valence-corrected chi connectivity index (χ0v) is 13.5. The van der Waals surface area contributed by atoms with Crippen molar-refractivity contribution in [3.05, 3.63) is 29.6 Å². The van der Waals surface area contributed by atoms with E-state index in [-0.39, 0.29) is 12.1 Å². The molecule has 1 aliphatic heterocycles. The molecule has 1 aliphatic rings. The first-order valence-electron chi connectivity index (χ1n) is 7.52. The van der Waals surface area contributed by atoms with Crippen LogP contribution in [0.1, 0.15) is 24.8 Å². The van der Waals surface area contributed by atoms with E-state index in [9.17, 15) is 17.9 Å². The topological polar surface area (TPSA) is 93.4 Å². The van der Waals surface area contributed by atoms with Crippen LogP contribution < -0.4 is 4.72 Å². The summed E-state index contributed by atoms with van der Waals surface area (Å²) in [6.45, 7) is 2.00. The lowest BCUT2D eigenvalue weighted by molar-refractivity contribution is 0.104. The van der Waals surface area contributed by atoms with Crippen LogP contribution in [0.15, 0.2) is 23.1 Å². The Balaban J connectivity index is 1.94.